The van der Waals surface area contributed by atoms with Crippen LogP contribution < -0.4 is 10.6 Å². The number of Topliss-reactive ketones (excluding diaryl/α,β-unsaturated/α-hetero) is 1. The number of carbonyl (C=O) groups excluding carboxylic acids is 3. The molecule has 210 valence electrons. The minimum absolute atomic E-state index is 0.211. The third kappa shape index (κ3) is 9.75. The van der Waals surface area contributed by atoms with Crippen LogP contribution in [0, 0.1) is 11.8 Å². The lowest BCUT2D eigenvalue weighted by Gasteiger charge is -2.23. The molecule has 0 unspecified atom stereocenters. The van der Waals surface area contributed by atoms with Gasteiger partial charge in [-0.3, -0.25) is 4.79 Å². The van der Waals surface area contributed by atoms with Gasteiger partial charge in [0.15, 0.2) is 5.78 Å². The predicted octanol–water partition coefficient (Wildman–Crippen LogP) is 4.90. The number of amides is 2. The highest BCUT2D eigenvalue weighted by molar-refractivity contribution is 5.91. The maximum absolute atomic E-state index is 12.3. The van der Waals surface area contributed by atoms with E-state index in [0.717, 1.165) is 27.5 Å². The fourth-order valence-electron chi connectivity index (χ4n) is 4.02. The van der Waals surface area contributed by atoms with E-state index in [1.165, 1.54) is 0 Å². The molecule has 0 aliphatic rings. The summed E-state index contributed by atoms with van der Waals surface area (Å²) in [4.78, 5) is 36.4. The van der Waals surface area contributed by atoms with Crippen LogP contribution in [0.2, 0.25) is 0 Å². The van der Waals surface area contributed by atoms with Crippen molar-refractivity contribution in [2.75, 3.05) is 13.2 Å². The number of aryl methyl sites for hydroxylation is 1. The number of hydrogen-bond donors (Lipinski definition) is 3. The second kappa shape index (κ2) is 14.7. The molecule has 0 fully saturated rings. The van der Waals surface area contributed by atoms with Gasteiger partial charge in [-0.25, -0.2) is 9.59 Å². The van der Waals surface area contributed by atoms with Gasteiger partial charge in [-0.05, 0) is 61.6 Å². The van der Waals surface area contributed by atoms with Gasteiger partial charge in [0.2, 0.25) is 0 Å². The Morgan fingerprint density at radius 2 is 1.62 bits per heavy atom. The van der Waals surface area contributed by atoms with Crippen LogP contribution in [0.5, 0.6) is 0 Å². The Morgan fingerprint density at radius 1 is 0.925 bits per heavy atom. The van der Waals surface area contributed by atoms with Gasteiger partial charge in [0.05, 0.1) is 6.04 Å². The van der Waals surface area contributed by atoms with E-state index >= 15 is 0 Å². The number of ether oxygens (including phenoxy) is 2. The zero-order valence-corrected chi connectivity index (χ0v) is 23.2. The van der Waals surface area contributed by atoms with Crippen molar-refractivity contribution < 1.29 is 29.0 Å². The standard InChI is InChI=1S/C32H36N2O6/c1-32(2,3)40-31(38)34-28(29(36)21-35)19-18-25-17-16-24(26-14-7-8-15-27(25)26)13-9-10-20-33-30(37)39-22-23-11-5-4-6-12-23/h4-8,11-12,14-17,28,35H,10,18-22H2,1-3H3,(H,33,37)(H,34,38)/t28-/m0/s1. The smallest absolute Gasteiger partial charge is 0.408 e. The quantitative estimate of drug-likeness (QED) is 0.247. The maximum atomic E-state index is 12.3. The molecule has 0 spiro atoms. The van der Waals surface area contributed by atoms with Gasteiger partial charge in [0.1, 0.15) is 18.8 Å². The molecule has 2 amide bonds. The first-order valence-corrected chi connectivity index (χ1v) is 13.2. The highest BCUT2D eigenvalue weighted by Crippen LogP contribution is 2.24. The Kier molecular flexibility index (Phi) is 11.1. The molecule has 0 aliphatic heterocycles. The average Bonchev–Trinajstić information content (AvgIpc) is 2.93. The van der Waals surface area contributed by atoms with Crippen molar-refractivity contribution in [3.05, 3.63) is 83.4 Å². The number of alkyl carbamates (subject to hydrolysis) is 2. The van der Waals surface area contributed by atoms with Gasteiger partial charge < -0.3 is 25.2 Å². The minimum Gasteiger partial charge on any atom is -0.445 e. The van der Waals surface area contributed by atoms with Gasteiger partial charge in [0, 0.05) is 18.5 Å². The summed E-state index contributed by atoms with van der Waals surface area (Å²) >= 11 is 0. The molecule has 8 heteroatoms. The Labute approximate surface area is 235 Å². The molecule has 0 saturated heterocycles. The molecule has 8 nitrogen and oxygen atoms in total. The number of aliphatic hydroxyl groups excluding tert-OH is 1. The molecule has 0 aliphatic carbocycles. The zero-order chi connectivity index (χ0) is 29.0. The normalized spacial score (nSPS) is 11.6. The van der Waals surface area contributed by atoms with Crippen molar-refractivity contribution in [1.29, 1.82) is 0 Å². The van der Waals surface area contributed by atoms with Crippen LogP contribution in [0.3, 0.4) is 0 Å². The summed E-state index contributed by atoms with van der Waals surface area (Å²) in [5.41, 5.74) is 2.06. The topological polar surface area (TPSA) is 114 Å². The van der Waals surface area contributed by atoms with Gasteiger partial charge in [-0.2, -0.15) is 0 Å². The molecule has 40 heavy (non-hydrogen) atoms. The highest BCUT2D eigenvalue weighted by atomic mass is 16.6. The summed E-state index contributed by atoms with van der Waals surface area (Å²) in [6, 6.07) is 20.3. The predicted molar refractivity (Wildman–Crippen MR) is 154 cm³/mol. The lowest BCUT2D eigenvalue weighted by atomic mass is 9.95. The van der Waals surface area contributed by atoms with Gasteiger partial charge in [-0.1, -0.05) is 72.5 Å². The summed E-state index contributed by atoms with van der Waals surface area (Å²) in [6.45, 7) is 5.12. The maximum Gasteiger partial charge on any atom is 0.408 e. The van der Waals surface area contributed by atoms with E-state index < -0.39 is 36.2 Å². The highest BCUT2D eigenvalue weighted by Gasteiger charge is 2.24. The lowest BCUT2D eigenvalue weighted by Crippen LogP contribution is -2.44. The average molecular weight is 545 g/mol. The van der Waals surface area contributed by atoms with Crippen molar-refractivity contribution in [3.8, 4) is 11.8 Å². The Morgan fingerprint density at radius 3 is 2.33 bits per heavy atom. The first kappa shape index (κ1) is 30.2. The monoisotopic (exact) mass is 544 g/mol. The van der Waals surface area contributed by atoms with Crippen molar-refractivity contribution >= 4 is 28.7 Å². The second-order valence-electron chi connectivity index (χ2n) is 10.2. The van der Waals surface area contributed by atoms with Crippen molar-refractivity contribution in [1.82, 2.24) is 10.6 Å². The third-order valence-corrected chi connectivity index (χ3v) is 5.91. The summed E-state index contributed by atoms with van der Waals surface area (Å²) < 4.78 is 10.5. The largest absolute Gasteiger partial charge is 0.445 e. The second-order valence-corrected chi connectivity index (χ2v) is 10.2. The Hall–Kier alpha value is -4.35. The van der Waals surface area contributed by atoms with Crippen LogP contribution in [0.15, 0.2) is 66.7 Å². The minimum atomic E-state index is -0.870. The van der Waals surface area contributed by atoms with E-state index in [-0.39, 0.29) is 6.61 Å². The fraction of sp³-hybridized carbons (Fsp3) is 0.344. The van der Waals surface area contributed by atoms with Crippen molar-refractivity contribution in [2.24, 2.45) is 0 Å². The lowest BCUT2D eigenvalue weighted by molar-refractivity contribution is -0.124. The van der Waals surface area contributed by atoms with Crippen LogP contribution >= 0.6 is 0 Å². The van der Waals surface area contributed by atoms with E-state index in [0.29, 0.717) is 25.8 Å². The van der Waals surface area contributed by atoms with Crippen LogP contribution in [-0.2, 0) is 27.3 Å². The van der Waals surface area contributed by atoms with Crippen molar-refractivity contribution in [2.45, 2.75) is 58.3 Å². The molecule has 1 atom stereocenters. The third-order valence-electron chi connectivity index (χ3n) is 5.91. The molecule has 0 radical (unpaired) electrons. The number of nitrogens with one attached hydrogen (secondary N) is 2. The molecule has 0 saturated carbocycles. The number of fused-ring (bicyclic) bond motifs is 1. The van der Waals surface area contributed by atoms with Gasteiger partial charge in [-0.15, -0.1) is 0 Å². The van der Waals surface area contributed by atoms with Crippen LogP contribution in [0.4, 0.5) is 9.59 Å². The fourth-order valence-corrected chi connectivity index (χ4v) is 4.02. The summed E-state index contributed by atoms with van der Waals surface area (Å²) in [5, 5.41) is 16.6. The van der Waals surface area contributed by atoms with Crippen molar-refractivity contribution in [3.63, 3.8) is 0 Å². The molecular weight excluding hydrogens is 508 g/mol. The summed E-state index contributed by atoms with van der Waals surface area (Å²) in [7, 11) is 0. The van der Waals surface area contributed by atoms with Crippen LogP contribution in [-0.4, -0.2) is 47.9 Å². The van der Waals surface area contributed by atoms with Gasteiger partial charge in [0.25, 0.3) is 0 Å². The van der Waals surface area contributed by atoms with E-state index in [9.17, 15) is 19.5 Å². The molecule has 3 aromatic rings. The van der Waals surface area contributed by atoms with E-state index in [1.54, 1.807) is 20.8 Å². The molecular formula is C32H36N2O6. The number of hydrogen-bond acceptors (Lipinski definition) is 6. The molecule has 3 N–H and O–H groups in total. The van der Waals surface area contributed by atoms with E-state index in [2.05, 4.69) is 22.5 Å². The zero-order valence-electron chi connectivity index (χ0n) is 23.2. The molecule has 0 heterocycles. The molecule has 3 aromatic carbocycles. The first-order valence-electron chi connectivity index (χ1n) is 13.2. The first-order chi connectivity index (χ1) is 19.2. The Balaban J connectivity index is 1.59. The number of carbonyl (C=O) groups is 3. The summed E-state index contributed by atoms with van der Waals surface area (Å²) in [5.74, 6) is 5.81. The SMILES string of the molecule is CC(C)(C)OC(=O)N[C@@H](CCc1ccc(C#CCCNC(=O)OCc2ccccc2)c2ccccc12)C(=O)CO. The van der Waals surface area contributed by atoms with Crippen LogP contribution in [0.25, 0.3) is 10.8 Å². The van der Waals surface area contributed by atoms with Gasteiger partial charge >= 0.3 is 12.2 Å². The Bertz CT molecular complexity index is 1370. The number of aliphatic hydroxyl groups is 1. The summed E-state index contributed by atoms with van der Waals surface area (Å²) in [6.07, 6.45) is 0.0701. The van der Waals surface area contributed by atoms with E-state index in [4.69, 9.17) is 9.47 Å². The molecule has 3 rings (SSSR count). The molecule has 0 aromatic heterocycles. The van der Waals surface area contributed by atoms with E-state index in [1.807, 2.05) is 66.7 Å². The number of ketones is 1. The number of rotatable bonds is 10. The van der Waals surface area contributed by atoms with Crippen LogP contribution in [0.1, 0.15) is 50.3 Å². The number of benzene rings is 3. The molecule has 0 bridgehead atoms.